The number of hydrogen-bond acceptors (Lipinski definition) is 8. The van der Waals surface area contributed by atoms with Gasteiger partial charge in [0, 0.05) is 45.1 Å². The number of hydrogen-bond donors (Lipinski definition) is 0. The first-order valence-corrected chi connectivity index (χ1v) is 17.6. The molecule has 0 aliphatic carbocycles. The van der Waals surface area contributed by atoms with Crippen LogP contribution in [0.1, 0.15) is 65.4 Å². The van der Waals surface area contributed by atoms with E-state index in [4.69, 9.17) is 18.6 Å². The van der Waals surface area contributed by atoms with Crippen molar-refractivity contribution in [1.29, 1.82) is 0 Å². The number of halogens is 3. The van der Waals surface area contributed by atoms with Crippen LogP contribution >= 0.6 is 0 Å². The van der Waals surface area contributed by atoms with Crippen molar-refractivity contribution in [2.45, 2.75) is 115 Å². The smallest absolute Gasteiger partial charge is 0.410 e. The van der Waals surface area contributed by atoms with Crippen LogP contribution in [0.5, 0.6) is 0 Å². The molecular weight excluding hydrogens is 557 g/mol. The van der Waals surface area contributed by atoms with Crippen LogP contribution in [0, 0.1) is 0 Å². The van der Waals surface area contributed by atoms with Gasteiger partial charge in [-0.05, 0) is 50.7 Å². The zero-order valence-electron chi connectivity index (χ0n) is 25.1. The summed E-state index contributed by atoms with van der Waals surface area (Å²) < 4.78 is 63.6. The molecule has 41 heavy (non-hydrogen) atoms. The molecule has 232 valence electrons. The highest BCUT2D eigenvalue weighted by Crippen LogP contribution is 2.39. The fourth-order valence-corrected chi connectivity index (χ4v) is 6.61. The summed E-state index contributed by atoms with van der Waals surface area (Å²) in [6.07, 6.45) is -0.00229. The summed E-state index contributed by atoms with van der Waals surface area (Å²) >= 11 is 0. The van der Waals surface area contributed by atoms with E-state index in [9.17, 15) is 18.0 Å². The van der Waals surface area contributed by atoms with Crippen molar-refractivity contribution in [3.8, 4) is 0 Å². The van der Waals surface area contributed by atoms with Crippen LogP contribution in [0.15, 0.2) is 12.4 Å². The average Bonchev–Trinajstić information content (AvgIpc) is 3.26. The molecular formula is C28H45F3N4O5Si. The molecule has 0 saturated carbocycles. The van der Waals surface area contributed by atoms with Crippen molar-refractivity contribution >= 4 is 20.2 Å². The Balaban J connectivity index is 1.42. The summed E-state index contributed by atoms with van der Waals surface area (Å²) in [6, 6.07) is -0.180. The number of aromatic nitrogens is 2. The largest absolute Gasteiger partial charge is 0.419 e. The zero-order valence-corrected chi connectivity index (χ0v) is 26.1. The molecule has 1 amide bonds. The lowest BCUT2D eigenvalue weighted by Gasteiger charge is -2.47. The molecule has 0 radical (unpaired) electrons. The van der Waals surface area contributed by atoms with Crippen molar-refractivity contribution in [2.75, 3.05) is 37.7 Å². The van der Waals surface area contributed by atoms with Gasteiger partial charge < -0.3 is 28.4 Å². The van der Waals surface area contributed by atoms with Crippen molar-refractivity contribution in [3.05, 3.63) is 18.0 Å². The van der Waals surface area contributed by atoms with E-state index in [0.717, 1.165) is 31.7 Å². The molecule has 2 unspecified atom stereocenters. The van der Waals surface area contributed by atoms with E-state index in [1.54, 1.807) is 0 Å². The third-order valence-electron chi connectivity index (χ3n) is 8.67. The molecule has 1 aromatic heterocycles. The second-order valence-electron chi connectivity index (χ2n) is 12.9. The number of likely N-dealkylation sites (tertiary alicyclic amines) is 1. The number of anilines is 1. The second kappa shape index (κ2) is 12.8. The maximum atomic E-state index is 13.5. The lowest BCUT2D eigenvalue weighted by molar-refractivity contribution is -0.196. The molecule has 3 saturated heterocycles. The van der Waals surface area contributed by atoms with Gasteiger partial charge in [0.25, 0.3) is 5.91 Å². The molecule has 0 N–H and O–H groups in total. The maximum absolute atomic E-state index is 13.5. The summed E-state index contributed by atoms with van der Waals surface area (Å²) in [6.45, 7) is 15.1. The number of nitrogens with zero attached hydrogens (tertiary/aromatic N) is 4. The zero-order chi connectivity index (χ0) is 30.0. The Morgan fingerprint density at radius 2 is 1.80 bits per heavy atom. The number of alkyl halides is 3. The third-order valence-corrected chi connectivity index (χ3v) is 13.2. The van der Waals surface area contributed by atoms with Crippen LogP contribution in [-0.4, -0.2) is 92.6 Å². The van der Waals surface area contributed by atoms with Crippen molar-refractivity contribution in [1.82, 2.24) is 14.9 Å². The van der Waals surface area contributed by atoms with Crippen LogP contribution in [0.2, 0.25) is 18.1 Å². The molecule has 0 spiro atoms. The number of amides is 1. The molecule has 13 heteroatoms. The van der Waals surface area contributed by atoms with Gasteiger partial charge in [-0.15, -0.1) is 0 Å². The summed E-state index contributed by atoms with van der Waals surface area (Å²) in [5.74, 6) is 0.171. The molecule has 0 bridgehead atoms. The van der Waals surface area contributed by atoms with Crippen LogP contribution in [0.25, 0.3) is 0 Å². The van der Waals surface area contributed by atoms with E-state index < -0.39 is 26.2 Å². The standard InChI is InChI=1S/C28H45F3N4O5Si/c1-19(39-24-9-7-8-14-37-24)18-38-22-11-13-35(25(22)36)21-10-12-34(17-23(21)40-41(5,6)27(2,3)4)26-32-15-20(16-33-26)28(29,30)31/h15-16,19,21-24H,7-14,17-18H2,1-6H3/t19-,21-,22?,23+,24?/m0/s1. The van der Waals surface area contributed by atoms with Crippen LogP contribution < -0.4 is 4.90 Å². The Bertz CT molecular complexity index is 1020. The van der Waals surface area contributed by atoms with E-state index in [1.807, 2.05) is 16.7 Å². The molecule has 3 aliphatic rings. The van der Waals surface area contributed by atoms with Gasteiger partial charge in [-0.2, -0.15) is 13.2 Å². The minimum atomic E-state index is -4.50. The minimum Gasteiger partial charge on any atom is -0.410 e. The number of rotatable bonds is 9. The monoisotopic (exact) mass is 602 g/mol. The molecule has 3 fully saturated rings. The molecule has 9 nitrogen and oxygen atoms in total. The lowest BCUT2D eigenvalue weighted by atomic mass is 10.0. The first-order valence-electron chi connectivity index (χ1n) is 14.7. The highest BCUT2D eigenvalue weighted by molar-refractivity contribution is 6.74. The van der Waals surface area contributed by atoms with E-state index in [-0.39, 0.29) is 41.4 Å². The lowest BCUT2D eigenvalue weighted by Crippen LogP contribution is -2.60. The molecule has 0 aromatic carbocycles. The SMILES string of the molecule is C[C@@H](COC1CCN([C@H]2CCN(c3ncc(C(F)(F)F)cn3)C[C@H]2O[Si](C)(C)C(C)(C)C)C1=O)OC1CCCCO1. The number of ether oxygens (including phenoxy) is 3. The Labute approximate surface area is 242 Å². The highest BCUT2D eigenvalue weighted by atomic mass is 28.4. The maximum Gasteiger partial charge on any atom is 0.419 e. The predicted octanol–water partition coefficient (Wildman–Crippen LogP) is 5.01. The fourth-order valence-electron chi connectivity index (χ4n) is 5.27. The fraction of sp³-hybridized carbons (Fsp3) is 0.821. The summed E-state index contributed by atoms with van der Waals surface area (Å²) in [5, 5.41) is -0.0659. The van der Waals surface area contributed by atoms with E-state index in [2.05, 4.69) is 43.8 Å². The number of carbonyl (C=O) groups excluding carboxylic acids is 1. The molecule has 5 atom stereocenters. The van der Waals surface area contributed by atoms with E-state index in [1.165, 1.54) is 0 Å². The van der Waals surface area contributed by atoms with Gasteiger partial charge >= 0.3 is 6.18 Å². The van der Waals surface area contributed by atoms with Crippen LogP contribution in [0.4, 0.5) is 19.1 Å². The summed E-state index contributed by atoms with van der Waals surface area (Å²) in [5.41, 5.74) is -0.884. The van der Waals surface area contributed by atoms with Crippen molar-refractivity contribution < 1.29 is 36.6 Å². The molecule has 4 rings (SSSR count). The van der Waals surface area contributed by atoms with Gasteiger partial charge in [0.15, 0.2) is 14.6 Å². The predicted molar refractivity (Wildman–Crippen MR) is 150 cm³/mol. The minimum absolute atomic E-state index is 0.0563. The Kier molecular flexibility index (Phi) is 10.0. The van der Waals surface area contributed by atoms with Crippen LogP contribution in [-0.2, 0) is 29.6 Å². The molecule has 4 heterocycles. The number of piperidine rings is 1. The summed E-state index contributed by atoms with van der Waals surface area (Å²) in [7, 11) is -2.25. The van der Waals surface area contributed by atoms with E-state index >= 15 is 0 Å². The Morgan fingerprint density at radius 1 is 1.10 bits per heavy atom. The quantitative estimate of drug-likeness (QED) is 0.365. The van der Waals surface area contributed by atoms with Gasteiger partial charge in [0.05, 0.1) is 30.4 Å². The van der Waals surface area contributed by atoms with Crippen molar-refractivity contribution in [2.24, 2.45) is 0 Å². The summed E-state index contributed by atoms with van der Waals surface area (Å²) in [4.78, 5) is 25.3. The van der Waals surface area contributed by atoms with Gasteiger partial charge in [0.2, 0.25) is 5.95 Å². The second-order valence-corrected chi connectivity index (χ2v) is 17.6. The molecule has 3 aliphatic heterocycles. The topological polar surface area (TPSA) is 86.2 Å². The Morgan fingerprint density at radius 3 is 2.41 bits per heavy atom. The van der Waals surface area contributed by atoms with Crippen LogP contribution in [0.3, 0.4) is 0 Å². The molecule has 1 aromatic rings. The van der Waals surface area contributed by atoms with E-state index in [0.29, 0.717) is 45.7 Å². The first kappa shape index (κ1) is 32.1. The first-order chi connectivity index (χ1) is 19.2. The average molecular weight is 603 g/mol. The third kappa shape index (κ3) is 7.98. The van der Waals surface area contributed by atoms with Crippen molar-refractivity contribution in [3.63, 3.8) is 0 Å². The highest BCUT2D eigenvalue weighted by Gasteiger charge is 2.47. The Hall–Kier alpha value is -1.80. The van der Waals surface area contributed by atoms with Gasteiger partial charge in [-0.1, -0.05) is 20.8 Å². The van der Waals surface area contributed by atoms with Gasteiger partial charge in [-0.3, -0.25) is 4.79 Å². The van der Waals surface area contributed by atoms with Gasteiger partial charge in [-0.25, -0.2) is 9.97 Å². The van der Waals surface area contributed by atoms with Gasteiger partial charge in [0.1, 0.15) is 6.10 Å². The number of carbonyl (C=O) groups is 1. The normalized spacial score (nSPS) is 27.4.